The van der Waals surface area contributed by atoms with Gasteiger partial charge in [-0.2, -0.15) is 0 Å². The van der Waals surface area contributed by atoms with Gasteiger partial charge >= 0.3 is 0 Å². The van der Waals surface area contributed by atoms with Crippen molar-refractivity contribution in [3.05, 3.63) is 11.1 Å². The van der Waals surface area contributed by atoms with E-state index in [1.165, 1.54) is 0 Å². The number of carbonyl (C=O) groups is 1. The lowest BCUT2D eigenvalue weighted by Crippen LogP contribution is -2.31. The number of hydrogen-bond acceptors (Lipinski definition) is 2. The topological polar surface area (TPSA) is 38.3 Å². The van der Waals surface area contributed by atoms with Crippen molar-refractivity contribution < 1.29 is 9.53 Å². The SMILES string of the molecule is C=C(Br)CNC(=O)C1CCOC1. The molecule has 1 amide bonds. The molecule has 1 aliphatic heterocycles. The first-order valence-corrected chi connectivity index (χ1v) is 4.68. The Morgan fingerprint density at radius 3 is 3.00 bits per heavy atom. The van der Waals surface area contributed by atoms with E-state index in [1.807, 2.05) is 0 Å². The first kappa shape index (κ1) is 9.74. The van der Waals surface area contributed by atoms with Crippen LogP contribution in [0.2, 0.25) is 0 Å². The number of hydrogen-bond donors (Lipinski definition) is 1. The monoisotopic (exact) mass is 233 g/mol. The molecule has 4 heteroatoms. The summed E-state index contributed by atoms with van der Waals surface area (Å²) < 4.78 is 5.88. The molecule has 3 nitrogen and oxygen atoms in total. The fourth-order valence-corrected chi connectivity index (χ4v) is 1.21. The van der Waals surface area contributed by atoms with Gasteiger partial charge < -0.3 is 10.1 Å². The average molecular weight is 234 g/mol. The van der Waals surface area contributed by atoms with E-state index >= 15 is 0 Å². The van der Waals surface area contributed by atoms with Crippen molar-refractivity contribution >= 4 is 21.8 Å². The molecule has 0 saturated carbocycles. The van der Waals surface area contributed by atoms with Gasteiger partial charge in [0, 0.05) is 17.6 Å². The number of halogens is 1. The largest absolute Gasteiger partial charge is 0.381 e. The minimum Gasteiger partial charge on any atom is -0.381 e. The van der Waals surface area contributed by atoms with Crippen LogP contribution in [-0.4, -0.2) is 25.7 Å². The number of carbonyl (C=O) groups excluding carboxylic acids is 1. The Kier molecular flexibility index (Phi) is 3.75. The lowest BCUT2D eigenvalue weighted by Gasteiger charge is -2.07. The second-order valence-corrected chi connectivity index (χ2v) is 3.92. The van der Waals surface area contributed by atoms with E-state index < -0.39 is 0 Å². The van der Waals surface area contributed by atoms with Crippen LogP contribution in [0.25, 0.3) is 0 Å². The molecule has 0 radical (unpaired) electrons. The number of ether oxygens (including phenoxy) is 1. The molecule has 1 rings (SSSR count). The van der Waals surface area contributed by atoms with Crippen molar-refractivity contribution in [3.63, 3.8) is 0 Å². The predicted molar refractivity (Wildman–Crippen MR) is 50.0 cm³/mol. The molecule has 1 saturated heterocycles. The van der Waals surface area contributed by atoms with Crippen LogP contribution in [0, 0.1) is 5.92 Å². The smallest absolute Gasteiger partial charge is 0.225 e. The van der Waals surface area contributed by atoms with Gasteiger partial charge in [0.25, 0.3) is 0 Å². The standard InChI is InChI=1S/C8H12BrNO2/c1-6(9)4-10-8(11)7-2-3-12-5-7/h7H,1-5H2,(H,10,11). The number of rotatable bonds is 3. The lowest BCUT2D eigenvalue weighted by atomic mass is 10.1. The van der Waals surface area contributed by atoms with Crippen molar-refractivity contribution in [3.8, 4) is 0 Å². The Hall–Kier alpha value is -0.350. The summed E-state index contributed by atoms with van der Waals surface area (Å²) in [7, 11) is 0. The Morgan fingerprint density at radius 2 is 2.50 bits per heavy atom. The number of nitrogens with one attached hydrogen (secondary N) is 1. The van der Waals surface area contributed by atoms with Crippen LogP contribution in [0.4, 0.5) is 0 Å². The summed E-state index contributed by atoms with van der Waals surface area (Å²) in [4.78, 5) is 11.3. The number of amides is 1. The van der Waals surface area contributed by atoms with Gasteiger partial charge in [-0.3, -0.25) is 4.79 Å². The molecule has 1 fully saturated rings. The van der Waals surface area contributed by atoms with Crippen LogP contribution in [-0.2, 0) is 9.53 Å². The summed E-state index contributed by atoms with van der Waals surface area (Å²) in [5, 5.41) is 2.76. The minimum absolute atomic E-state index is 0.0387. The maximum absolute atomic E-state index is 11.3. The molecule has 1 atom stereocenters. The summed E-state index contributed by atoms with van der Waals surface area (Å²) in [6.07, 6.45) is 0.834. The highest BCUT2D eigenvalue weighted by molar-refractivity contribution is 9.11. The molecule has 68 valence electrons. The zero-order valence-corrected chi connectivity index (χ0v) is 8.39. The maximum Gasteiger partial charge on any atom is 0.225 e. The Bertz CT molecular complexity index is 187. The van der Waals surface area contributed by atoms with Crippen LogP contribution in [0.5, 0.6) is 0 Å². The second kappa shape index (κ2) is 4.62. The summed E-state index contributed by atoms with van der Waals surface area (Å²) in [6, 6.07) is 0. The highest BCUT2D eigenvalue weighted by atomic mass is 79.9. The third-order valence-corrected chi connectivity index (χ3v) is 2.04. The third-order valence-electron chi connectivity index (χ3n) is 1.75. The Balaban J connectivity index is 2.23. The molecule has 0 spiro atoms. The van der Waals surface area contributed by atoms with Gasteiger partial charge in [-0.25, -0.2) is 0 Å². The molecular formula is C8H12BrNO2. The van der Waals surface area contributed by atoms with Crippen molar-refractivity contribution in [1.29, 1.82) is 0 Å². The van der Waals surface area contributed by atoms with Gasteiger partial charge in [0.15, 0.2) is 0 Å². The molecule has 0 aromatic rings. The van der Waals surface area contributed by atoms with E-state index in [2.05, 4.69) is 27.8 Å². The van der Waals surface area contributed by atoms with Gasteiger partial charge in [0.05, 0.1) is 12.5 Å². The summed E-state index contributed by atoms with van der Waals surface area (Å²) in [5.41, 5.74) is 0. The summed E-state index contributed by atoms with van der Waals surface area (Å²) >= 11 is 3.17. The second-order valence-electron chi connectivity index (χ2n) is 2.80. The molecule has 1 aliphatic rings. The van der Waals surface area contributed by atoms with Crippen LogP contribution < -0.4 is 5.32 Å². The lowest BCUT2D eigenvalue weighted by molar-refractivity contribution is -0.124. The Morgan fingerprint density at radius 1 is 1.75 bits per heavy atom. The minimum atomic E-state index is 0.0387. The fourth-order valence-electron chi connectivity index (χ4n) is 1.07. The van der Waals surface area contributed by atoms with Crippen LogP contribution >= 0.6 is 15.9 Å². The molecule has 1 N–H and O–H groups in total. The van der Waals surface area contributed by atoms with Crippen molar-refractivity contribution in [2.75, 3.05) is 19.8 Å². The van der Waals surface area contributed by atoms with E-state index in [0.717, 1.165) is 10.9 Å². The molecule has 12 heavy (non-hydrogen) atoms. The molecule has 1 heterocycles. The molecule has 0 bridgehead atoms. The molecule has 0 aromatic heterocycles. The zero-order chi connectivity index (χ0) is 8.97. The van der Waals surface area contributed by atoms with Crippen LogP contribution in [0.15, 0.2) is 11.1 Å². The van der Waals surface area contributed by atoms with Crippen molar-refractivity contribution in [2.45, 2.75) is 6.42 Å². The normalized spacial score (nSPS) is 22.2. The summed E-state index contributed by atoms with van der Waals surface area (Å²) in [6.45, 7) is 5.38. The van der Waals surface area contributed by atoms with E-state index in [0.29, 0.717) is 19.8 Å². The quantitative estimate of drug-likeness (QED) is 0.792. The van der Waals surface area contributed by atoms with Gasteiger partial charge in [0.2, 0.25) is 5.91 Å². The molecule has 0 aromatic carbocycles. The molecule has 1 unspecified atom stereocenters. The van der Waals surface area contributed by atoms with Gasteiger partial charge in [-0.05, 0) is 6.42 Å². The maximum atomic E-state index is 11.3. The highest BCUT2D eigenvalue weighted by Gasteiger charge is 2.22. The van der Waals surface area contributed by atoms with Crippen LogP contribution in [0.3, 0.4) is 0 Å². The van der Waals surface area contributed by atoms with Gasteiger partial charge in [0.1, 0.15) is 0 Å². The summed E-state index contributed by atoms with van der Waals surface area (Å²) in [5.74, 6) is 0.102. The fraction of sp³-hybridized carbons (Fsp3) is 0.625. The van der Waals surface area contributed by atoms with Crippen molar-refractivity contribution in [1.82, 2.24) is 5.32 Å². The first-order chi connectivity index (χ1) is 5.70. The van der Waals surface area contributed by atoms with Crippen LogP contribution in [0.1, 0.15) is 6.42 Å². The third kappa shape index (κ3) is 2.95. The van der Waals surface area contributed by atoms with E-state index in [4.69, 9.17) is 4.74 Å². The predicted octanol–water partition coefficient (Wildman–Crippen LogP) is 1.05. The van der Waals surface area contributed by atoms with Gasteiger partial charge in [-0.1, -0.05) is 22.5 Å². The van der Waals surface area contributed by atoms with Crippen molar-refractivity contribution in [2.24, 2.45) is 5.92 Å². The Labute approximate surface area is 80.3 Å². The van der Waals surface area contributed by atoms with E-state index in [1.54, 1.807) is 0 Å². The zero-order valence-electron chi connectivity index (χ0n) is 6.81. The van der Waals surface area contributed by atoms with E-state index in [-0.39, 0.29) is 11.8 Å². The van der Waals surface area contributed by atoms with Gasteiger partial charge in [-0.15, -0.1) is 0 Å². The molecule has 0 aliphatic carbocycles. The molecular weight excluding hydrogens is 222 g/mol. The highest BCUT2D eigenvalue weighted by Crippen LogP contribution is 2.12. The first-order valence-electron chi connectivity index (χ1n) is 3.89. The van der Waals surface area contributed by atoms with E-state index in [9.17, 15) is 4.79 Å². The average Bonchev–Trinajstić information content (AvgIpc) is 2.51.